The van der Waals surface area contributed by atoms with E-state index in [1.54, 1.807) is 0 Å². The van der Waals surface area contributed by atoms with Crippen LogP contribution in [0, 0.1) is 0 Å². The number of hydrogen-bond acceptors (Lipinski definition) is 3. The van der Waals surface area contributed by atoms with E-state index in [1.807, 2.05) is 11.3 Å². The molecular formula is C65H41NOS. The summed E-state index contributed by atoms with van der Waals surface area (Å²) in [5.41, 5.74) is 16.5. The van der Waals surface area contributed by atoms with Gasteiger partial charge in [-0.25, -0.2) is 0 Å². The Labute approximate surface area is 398 Å². The summed E-state index contributed by atoms with van der Waals surface area (Å²) in [6, 6.07) is 91.3. The van der Waals surface area contributed by atoms with Gasteiger partial charge in [-0.05, 0) is 104 Å². The van der Waals surface area contributed by atoms with Crippen LogP contribution in [0.2, 0.25) is 0 Å². The highest BCUT2D eigenvalue weighted by atomic mass is 32.1. The topological polar surface area (TPSA) is 16.4 Å². The molecule has 0 aliphatic heterocycles. The van der Waals surface area contributed by atoms with Gasteiger partial charge >= 0.3 is 0 Å². The summed E-state index contributed by atoms with van der Waals surface area (Å²) < 4.78 is 9.54. The Morgan fingerprint density at radius 2 is 0.956 bits per heavy atom. The van der Waals surface area contributed by atoms with Crippen molar-refractivity contribution in [3.63, 3.8) is 0 Å². The number of thiophene rings is 1. The van der Waals surface area contributed by atoms with E-state index in [-0.39, 0.29) is 0 Å². The Bertz CT molecular complexity index is 4050. The molecule has 2 nitrogen and oxygen atoms in total. The van der Waals surface area contributed by atoms with E-state index in [4.69, 9.17) is 4.42 Å². The largest absolute Gasteiger partial charge is 0.455 e. The Morgan fingerprint density at radius 1 is 0.368 bits per heavy atom. The van der Waals surface area contributed by atoms with Crippen LogP contribution in [0.25, 0.3) is 86.3 Å². The molecule has 0 saturated carbocycles. The minimum absolute atomic E-state index is 0.550. The zero-order valence-electron chi connectivity index (χ0n) is 36.9. The summed E-state index contributed by atoms with van der Waals surface area (Å²) in [7, 11) is 0. The lowest BCUT2D eigenvalue weighted by Gasteiger charge is -2.35. The molecule has 0 atom stereocenters. The molecule has 0 spiro atoms. The van der Waals surface area contributed by atoms with Crippen LogP contribution >= 0.6 is 11.3 Å². The normalized spacial score (nSPS) is 12.8. The molecular weight excluding hydrogens is 843 g/mol. The molecule has 14 rings (SSSR count). The fourth-order valence-corrected chi connectivity index (χ4v) is 12.6. The van der Waals surface area contributed by atoms with Crippen molar-refractivity contribution in [2.45, 2.75) is 5.41 Å². The maximum atomic E-state index is 6.92. The standard InChI is InChI=1S/C65H41NOS/c1-3-19-45(20-4-1)65(46-21-5-2-6-22-46)58-30-12-9-23-50(58)51-38-37-48(41-59(51)65)66(47-35-33-42(34-36-47)49-26-15-29-56-53-25-11-14-32-62(53)68-64(49)56)60-31-13-10-24-52(60)54-27-16-28-55-57-39-43-17-7-8-18-44(43)40-61(57)67-63(54)55/h1-41H. The summed E-state index contributed by atoms with van der Waals surface area (Å²) in [5.74, 6) is 0. The number of furan rings is 1. The molecule has 11 aromatic carbocycles. The van der Waals surface area contributed by atoms with E-state index in [0.717, 1.165) is 50.1 Å². The van der Waals surface area contributed by atoms with Crippen LogP contribution in [0.1, 0.15) is 22.3 Å². The van der Waals surface area contributed by atoms with E-state index >= 15 is 0 Å². The highest BCUT2D eigenvalue weighted by Gasteiger charge is 2.46. The molecule has 3 heteroatoms. The monoisotopic (exact) mass is 883 g/mol. The molecule has 0 N–H and O–H groups in total. The first-order valence-corrected chi connectivity index (χ1v) is 24.1. The first-order chi connectivity index (χ1) is 33.7. The number of para-hydroxylation sites is 2. The molecule has 2 aromatic heterocycles. The molecule has 0 amide bonds. The lowest BCUT2D eigenvalue weighted by atomic mass is 9.67. The number of fused-ring (bicyclic) bond motifs is 10. The van der Waals surface area contributed by atoms with Crippen molar-refractivity contribution < 1.29 is 4.42 Å². The second kappa shape index (κ2) is 15.3. The van der Waals surface area contributed by atoms with Crippen LogP contribution in [-0.2, 0) is 5.41 Å². The Balaban J connectivity index is 1.01. The third-order valence-electron chi connectivity index (χ3n) is 14.3. The molecule has 2 heterocycles. The highest BCUT2D eigenvalue weighted by molar-refractivity contribution is 7.26. The Hall–Kier alpha value is -8.50. The molecule has 318 valence electrons. The number of rotatable bonds is 7. The van der Waals surface area contributed by atoms with Gasteiger partial charge in [0.2, 0.25) is 0 Å². The SMILES string of the molecule is c1ccc(C2(c3ccccc3)c3ccccc3-c3ccc(N(c4ccc(-c5cccc6c5sc5ccccc56)cc4)c4ccccc4-c4cccc5c4oc4cc6ccccc6cc45)cc32)cc1. The van der Waals surface area contributed by atoms with E-state index in [2.05, 4.69) is 254 Å². The minimum atomic E-state index is -0.550. The molecule has 1 aliphatic rings. The van der Waals surface area contributed by atoms with Crippen LogP contribution in [-0.4, -0.2) is 0 Å². The van der Waals surface area contributed by atoms with Crippen LogP contribution in [0.4, 0.5) is 17.1 Å². The van der Waals surface area contributed by atoms with Gasteiger partial charge in [-0.2, -0.15) is 0 Å². The zero-order chi connectivity index (χ0) is 44.8. The van der Waals surface area contributed by atoms with Gasteiger partial charge in [-0.15, -0.1) is 11.3 Å². The summed E-state index contributed by atoms with van der Waals surface area (Å²) >= 11 is 1.87. The molecule has 0 bridgehead atoms. The second-order valence-electron chi connectivity index (χ2n) is 17.9. The molecule has 0 radical (unpaired) electrons. The van der Waals surface area contributed by atoms with Gasteiger partial charge in [-0.3, -0.25) is 0 Å². The summed E-state index contributed by atoms with van der Waals surface area (Å²) in [5, 5.41) is 7.20. The zero-order valence-corrected chi connectivity index (χ0v) is 37.8. The molecule has 13 aromatic rings. The molecule has 68 heavy (non-hydrogen) atoms. The van der Waals surface area contributed by atoms with Gasteiger partial charge in [0.15, 0.2) is 0 Å². The quantitative estimate of drug-likeness (QED) is 0.159. The van der Waals surface area contributed by atoms with E-state index < -0.39 is 5.41 Å². The fourth-order valence-electron chi connectivity index (χ4n) is 11.4. The van der Waals surface area contributed by atoms with E-state index in [0.29, 0.717) is 0 Å². The minimum Gasteiger partial charge on any atom is -0.455 e. The van der Waals surface area contributed by atoms with Crippen LogP contribution in [0.5, 0.6) is 0 Å². The molecule has 0 saturated heterocycles. The fraction of sp³-hybridized carbons (Fsp3) is 0.0154. The van der Waals surface area contributed by atoms with Crippen molar-refractivity contribution in [2.75, 3.05) is 4.90 Å². The maximum Gasteiger partial charge on any atom is 0.143 e. The predicted molar refractivity (Wildman–Crippen MR) is 287 cm³/mol. The van der Waals surface area contributed by atoms with Gasteiger partial charge in [0.05, 0.1) is 11.1 Å². The molecule has 0 fully saturated rings. The van der Waals surface area contributed by atoms with Crippen LogP contribution in [0.15, 0.2) is 253 Å². The first kappa shape index (κ1) is 38.7. The predicted octanol–water partition coefficient (Wildman–Crippen LogP) is 18.3. The summed E-state index contributed by atoms with van der Waals surface area (Å²) in [6.45, 7) is 0. The van der Waals surface area contributed by atoms with Crippen molar-refractivity contribution in [3.05, 3.63) is 271 Å². The number of benzene rings is 11. The third kappa shape index (κ3) is 5.76. The van der Waals surface area contributed by atoms with Crippen molar-refractivity contribution in [3.8, 4) is 33.4 Å². The maximum absolute atomic E-state index is 6.92. The smallest absolute Gasteiger partial charge is 0.143 e. The number of nitrogens with zero attached hydrogens (tertiary/aromatic N) is 1. The van der Waals surface area contributed by atoms with Crippen molar-refractivity contribution >= 4 is 81.3 Å². The van der Waals surface area contributed by atoms with Gasteiger partial charge in [0.25, 0.3) is 0 Å². The van der Waals surface area contributed by atoms with Gasteiger partial charge < -0.3 is 9.32 Å². The van der Waals surface area contributed by atoms with Gasteiger partial charge in [-0.1, -0.05) is 200 Å². The van der Waals surface area contributed by atoms with Gasteiger partial charge in [0.1, 0.15) is 11.2 Å². The first-order valence-electron chi connectivity index (χ1n) is 23.3. The lowest BCUT2D eigenvalue weighted by Crippen LogP contribution is -2.28. The van der Waals surface area contributed by atoms with Crippen molar-refractivity contribution in [1.82, 2.24) is 0 Å². The van der Waals surface area contributed by atoms with Gasteiger partial charge in [0, 0.05) is 53.4 Å². The second-order valence-corrected chi connectivity index (χ2v) is 19.0. The third-order valence-corrected chi connectivity index (χ3v) is 15.6. The van der Waals surface area contributed by atoms with Crippen LogP contribution in [0.3, 0.4) is 0 Å². The van der Waals surface area contributed by atoms with Crippen LogP contribution < -0.4 is 4.90 Å². The van der Waals surface area contributed by atoms with Crippen molar-refractivity contribution in [2.24, 2.45) is 0 Å². The Kier molecular flexibility index (Phi) is 8.71. The average Bonchev–Trinajstić information content (AvgIpc) is 4.07. The molecule has 0 unspecified atom stereocenters. The highest BCUT2D eigenvalue weighted by Crippen LogP contribution is 2.58. The molecule has 1 aliphatic carbocycles. The number of hydrogen-bond donors (Lipinski definition) is 0. The average molecular weight is 884 g/mol. The Morgan fingerprint density at radius 3 is 1.75 bits per heavy atom. The van der Waals surface area contributed by atoms with E-state index in [9.17, 15) is 0 Å². The number of anilines is 3. The summed E-state index contributed by atoms with van der Waals surface area (Å²) in [6.07, 6.45) is 0. The summed E-state index contributed by atoms with van der Waals surface area (Å²) in [4.78, 5) is 2.46. The van der Waals surface area contributed by atoms with Crippen molar-refractivity contribution in [1.29, 1.82) is 0 Å². The lowest BCUT2D eigenvalue weighted by molar-refractivity contribution is 0.670. The van der Waals surface area contributed by atoms with E-state index in [1.165, 1.54) is 75.5 Å².